The predicted molar refractivity (Wildman–Crippen MR) is 92.6 cm³/mol. The van der Waals surface area contributed by atoms with E-state index < -0.39 is 0 Å². The number of benzene rings is 3. The molecule has 0 amide bonds. The number of para-hydroxylation sites is 3. The zero-order valence-electron chi connectivity index (χ0n) is 13.4. The molecule has 0 aromatic heterocycles. The maximum absolute atomic E-state index is 6.13. The van der Waals surface area contributed by atoms with Gasteiger partial charge in [-0.15, -0.1) is 0 Å². The molecule has 118 valence electrons. The Bertz CT molecular complexity index is 946. The lowest BCUT2D eigenvalue weighted by molar-refractivity contribution is 0.405. The van der Waals surface area contributed by atoms with Crippen LogP contribution in [0.15, 0.2) is 54.6 Å². The van der Waals surface area contributed by atoms with Crippen LogP contribution in [0.2, 0.25) is 0 Å². The number of rotatable bonds is 1. The normalized spacial score (nSPS) is 13.2. The van der Waals surface area contributed by atoms with E-state index in [1.165, 1.54) is 0 Å². The van der Waals surface area contributed by atoms with Crippen molar-refractivity contribution in [3.8, 4) is 28.7 Å². The summed E-state index contributed by atoms with van der Waals surface area (Å²) in [6.45, 7) is 2.08. The number of hydrogen-bond donors (Lipinski definition) is 0. The van der Waals surface area contributed by atoms with Crippen molar-refractivity contribution in [1.29, 1.82) is 0 Å². The van der Waals surface area contributed by atoms with Gasteiger partial charge in [-0.25, -0.2) is 0 Å². The van der Waals surface area contributed by atoms with E-state index in [1.807, 2.05) is 48.5 Å². The Hall–Kier alpha value is -3.14. The second-order valence-corrected chi connectivity index (χ2v) is 5.87. The Kier molecular flexibility index (Phi) is 2.59. The maximum atomic E-state index is 6.13. The van der Waals surface area contributed by atoms with E-state index in [4.69, 9.17) is 14.2 Å². The number of anilines is 3. The van der Waals surface area contributed by atoms with Gasteiger partial charge in [-0.3, -0.25) is 4.90 Å². The highest BCUT2D eigenvalue weighted by atomic mass is 16.5. The Labute approximate surface area is 139 Å². The van der Waals surface area contributed by atoms with Crippen molar-refractivity contribution in [2.24, 2.45) is 0 Å². The molecular formula is C20H15NO3. The summed E-state index contributed by atoms with van der Waals surface area (Å²) in [7, 11) is 1.68. The average Bonchev–Trinajstić information content (AvgIpc) is 2.61. The average molecular weight is 317 g/mol. The number of hydrogen-bond acceptors (Lipinski definition) is 4. The molecule has 2 heterocycles. The van der Waals surface area contributed by atoms with Crippen molar-refractivity contribution >= 4 is 17.1 Å². The number of ether oxygens (including phenoxy) is 3. The standard InChI is InChI=1S/C20H15NO3/c1-12-6-3-8-14-18(12)21-19-13(22-2)7-4-9-15(19)24-17-11-5-10-16(23-14)20(17)21/h3-11H,1-2H3. The van der Waals surface area contributed by atoms with Crippen LogP contribution in [0, 0.1) is 6.92 Å². The highest BCUT2D eigenvalue weighted by Gasteiger charge is 2.36. The van der Waals surface area contributed by atoms with Crippen molar-refractivity contribution in [3.05, 3.63) is 60.2 Å². The van der Waals surface area contributed by atoms with E-state index in [1.54, 1.807) is 7.11 Å². The third-order valence-corrected chi connectivity index (χ3v) is 4.46. The lowest BCUT2D eigenvalue weighted by atomic mass is 10.0. The molecule has 0 spiro atoms. The van der Waals surface area contributed by atoms with Gasteiger partial charge in [0.05, 0.1) is 12.8 Å². The van der Waals surface area contributed by atoms with E-state index in [0.717, 1.165) is 51.4 Å². The largest absolute Gasteiger partial charge is 0.494 e. The minimum atomic E-state index is 0.768. The third-order valence-electron chi connectivity index (χ3n) is 4.46. The van der Waals surface area contributed by atoms with Crippen LogP contribution < -0.4 is 19.1 Å². The fourth-order valence-electron chi connectivity index (χ4n) is 3.43. The Morgan fingerprint density at radius 1 is 0.708 bits per heavy atom. The van der Waals surface area contributed by atoms with Gasteiger partial charge in [0.25, 0.3) is 0 Å². The van der Waals surface area contributed by atoms with E-state index in [9.17, 15) is 0 Å². The van der Waals surface area contributed by atoms with Gasteiger partial charge < -0.3 is 14.2 Å². The second kappa shape index (κ2) is 4.68. The fraction of sp³-hybridized carbons (Fsp3) is 0.100. The second-order valence-electron chi connectivity index (χ2n) is 5.87. The van der Waals surface area contributed by atoms with E-state index >= 15 is 0 Å². The molecule has 3 aromatic rings. The monoisotopic (exact) mass is 317 g/mol. The summed E-state index contributed by atoms with van der Waals surface area (Å²) < 4.78 is 17.9. The van der Waals surface area contributed by atoms with Gasteiger partial charge >= 0.3 is 0 Å². The van der Waals surface area contributed by atoms with Crippen LogP contribution in [-0.4, -0.2) is 7.11 Å². The zero-order valence-corrected chi connectivity index (χ0v) is 13.4. The van der Waals surface area contributed by atoms with Crippen molar-refractivity contribution in [1.82, 2.24) is 0 Å². The summed E-state index contributed by atoms with van der Waals surface area (Å²) in [5.41, 5.74) is 3.97. The van der Waals surface area contributed by atoms with Gasteiger partial charge in [-0.05, 0) is 42.8 Å². The molecule has 3 aromatic carbocycles. The van der Waals surface area contributed by atoms with Gasteiger partial charge in [0.15, 0.2) is 23.0 Å². The smallest absolute Gasteiger partial charge is 0.155 e. The molecule has 0 atom stereocenters. The van der Waals surface area contributed by atoms with Gasteiger partial charge in [-0.2, -0.15) is 0 Å². The molecule has 2 aliphatic heterocycles. The van der Waals surface area contributed by atoms with E-state index in [2.05, 4.69) is 17.9 Å². The molecular weight excluding hydrogens is 302 g/mol. The minimum absolute atomic E-state index is 0.768. The minimum Gasteiger partial charge on any atom is -0.494 e. The molecule has 24 heavy (non-hydrogen) atoms. The quantitative estimate of drug-likeness (QED) is 0.398. The number of fused-ring (bicyclic) bond motifs is 4. The van der Waals surface area contributed by atoms with Crippen molar-refractivity contribution in [2.75, 3.05) is 12.0 Å². The summed E-state index contributed by atoms with van der Waals surface area (Å²) in [5, 5.41) is 0. The molecule has 5 rings (SSSR count). The summed E-state index contributed by atoms with van der Waals surface area (Å²) >= 11 is 0. The summed E-state index contributed by atoms with van der Waals surface area (Å²) in [4.78, 5) is 2.19. The molecule has 4 heteroatoms. The Morgan fingerprint density at radius 2 is 1.25 bits per heavy atom. The first-order chi connectivity index (χ1) is 11.8. The molecule has 0 radical (unpaired) electrons. The van der Waals surface area contributed by atoms with Crippen LogP contribution >= 0.6 is 0 Å². The topological polar surface area (TPSA) is 30.9 Å². The molecule has 4 nitrogen and oxygen atoms in total. The Balaban J connectivity index is 1.90. The maximum Gasteiger partial charge on any atom is 0.155 e. The molecule has 0 fully saturated rings. The van der Waals surface area contributed by atoms with E-state index in [0.29, 0.717) is 0 Å². The molecule has 0 saturated carbocycles. The van der Waals surface area contributed by atoms with Crippen LogP contribution in [0.3, 0.4) is 0 Å². The van der Waals surface area contributed by atoms with Gasteiger partial charge in [0.2, 0.25) is 0 Å². The van der Waals surface area contributed by atoms with E-state index in [-0.39, 0.29) is 0 Å². The summed E-state index contributed by atoms with van der Waals surface area (Å²) in [5.74, 6) is 3.93. The molecule has 0 unspecified atom stereocenters. The van der Waals surface area contributed by atoms with Crippen LogP contribution in [-0.2, 0) is 0 Å². The van der Waals surface area contributed by atoms with Gasteiger partial charge in [0.1, 0.15) is 17.1 Å². The van der Waals surface area contributed by atoms with Crippen LogP contribution in [0.4, 0.5) is 17.1 Å². The summed E-state index contributed by atoms with van der Waals surface area (Å²) in [6.07, 6.45) is 0. The van der Waals surface area contributed by atoms with Crippen LogP contribution in [0.1, 0.15) is 5.56 Å². The number of methoxy groups -OCH3 is 1. The highest BCUT2D eigenvalue weighted by Crippen LogP contribution is 2.62. The lowest BCUT2D eigenvalue weighted by Gasteiger charge is -2.39. The van der Waals surface area contributed by atoms with Gasteiger partial charge in [0, 0.05) is 0 Å². The SMILES string of the molecule is COc1cccc2c1N1c3c(C)cccc3Oc3cccc(c31)O2. The number of nitrogens with zero attached hydrogens (tertiary/aromatic N) is 1. The molecule has 2 aliphatic rings. The third kappa shape index (κ3) is 1.62. The first-order valence-electron chi connectivity index (χ1n) is 7.83. The summed E-state index contributed by atoms with van der Waals surface area (Å²) in [6, 6.07) is 17.8. The Morgan fingerprint density at radius 3 is 1.92 bits per heavy atom. The number of aryl methyl sites for hydroxylation is 1. The fourth-order valence-corrected chi connectivity index (χ4v) is 3.43. The molecule has 0 N–H and O–H groups in total. The first-order valence-corrected chi connectivity index (χ1v) is 7.83. The lowest BCUT2D eigenvalue weighted by Crippen LogP contribution is -2.21. The molecule has 0 bridgehead atoms. The van der Waals surface area contributed by atoms with Crippen LogP contribution in [0.5, 0.6) is 28.7 Å². The zero-order chi connectivity index (χ0) is 16.3. The molecule has 0 saturated heterocycles. The van der Waals surface area contributed by atoms with Gasteiger partial charge in [-0.1, -0.05) is 24.3 Å². The molecule has 0 aliphatic carbocycles. The van der Waals surface area contributed by atoms with Crippen molar-refractivity contribution < 1.29 is 14.2 Å². The first kappa shape index (κ1) is 13.3. The predicted octanol–water partition coefficient (Wildman–Crippen LogP) is 5.68. The van der Waals surface area contributed by atoms with Crippen LogP contribution in [0.25, 0.3) is 0 Å². The van der Waals surface area contributed by atoms with Crippen molar-refractivity contribution in [3.63, 3.8) is 0 Å². The highest BCUT2D eigenvalue weighted by molar-refractivity contribution is 5.96. The van der Waals surface area contributed by atoms with Crippen molar-refractivity contribution in [2.45, 2.75) is 6.92 Å².